The first-order valence-electron chi connectivity index (χ1n) is 19.1. The van der Waals surface area contributed by atoms with Crippen LogP contribution in [0.2, 0.25) is 0 Å². The Bertz CT molecular complexity index is 1530. The summed E-state index contributed by atoms with van der Waals surface area (Å²) in [6.07, 6.45) is 8.35. The van der Waals surface area contributed by atoms with Gasteiger partial charge in [-0.25, -0.2) is 4.79 Å². The Labute approximate surface area is 303 Å². The third-order valence-corrected chi connectivity index (χ3v) is 11.0. The van der Waals surface area contributed by atoms with E-state index in [4.69, 9.17) is 4.74 Å². The Morgan fingerprint density at radius 2 is 1.43 bits per heavy atom. The molecule has 3 amide bonds. The van der Waals surface area contributed by atoms with Gasteiger partial charge in [-0.1, -0.05) is 97.4 Å². The fraction of sp³-hybridized carbons (Fsp3) is 0.500. The Balaban J connectivity index is 1.01. The van der Waals surface area contributed by atoms with Gasteiger partial charge in [0.25, 0.3) is 0 Å². The van der Waals surface area contributed by atoms with Crippen molar-refractivity contribution in [2.45, 2.75) is 95.0 Å². The van der Waals surface area contributed by atoms with Crippen molar-refractivity contribution < 1.29 is 19.1 Å². The maximum absolute atomic E-state index is 14.4. The number of piperazine rings is 1. The van der Waals surface area contributed by atoms with Crippen LogP contribution in [-0.2, 0) is 33.9 Å². The van der Waals surface area contributed by atoms with Crippen LogP contribution in [0.15, 0.2) is 91.0 Å². The van der Waals surface area contributed by atoms with Crippen molar-refractivity contribution in [2.24, 2.45) is 0 Å². The maximum Gasteiger partial charge on any atom is 0.407 e. The number of nitrogens with zero attached hydrogens (tertiary/aromatic N) is 3. The molecular weight excluding hydrogens is 638 g/mol. The molecule has 0 saturated carbocycles. The predicted molar refractivity (Wildman–Crippen MR) is 200 cm³/mol. The molecule has 6 rings (SSSR count). The molecular formula is C42H55N5O4. The van der Waals surface area contributed by atoms with E-state index in [9.17, 15) is 14.4 Å². The van der Waals surface area contributed by atoms with Crippen LogP contribution in [0.1, 0.15) is 74.5 Å². The van der Waals surface area contributed by atoms with Crippen LogP contribution in [0.25, 0.3) is 0 Å². The average molecular weight is 694 g/mol. The second-order valence-corrected chi connectivity index (χ2v) is 14.6. The molecule has 2 atom stereocenters. The topological polar surface area (TPSA) is 94.2 Å². The van der Waals surface area contributed by atoms with Gasteiger partial charge in [-0.15, -0.1) is 0 Å². The Hall–Kier alpha value is -4.21. The van der Waals surface area contributed by atoms with Gasteiger partial charge in [-0.05, 0) is 81.0 Å². The number of carbonyl (C=O) groups excluding carboxylic acids is 3. The summed E-state index contributed by atoms with van der Waals surface area (Å²) in [5.74, 6) is 0.0736. The Morgan fingerprint density at radius 3 is 2.14 bits per heavy atom. The number of hydrogen-bond donors (Lipinski definition) is 2. The van der Waals surface area contributed by atoms with Crippen LogP contribution in [0.3, 0.4) is 0 Å². The second kappa shape index (κ2) is 18.3. The van der Waals surface area contributed by atoms with Gasteiger partial charge in [-0.2, -0.15) is 0 Å². The first-order valence-corrected chi connectivity index (χ1v) is 19.1. The molecule has 3 fully saturated rings. The van der Waals surface area contributed by atoms with Crippen molar-refractivity contribution in [2.75, 3.05) is 39.3 Å². The lowest BCUT2D eigenvalue weighted by molar-refractivity contribution is -0.165. The van der Waals surface area contributed by atoms with E-state index in [0.29, 0.717) is 38.6 Å². The quantitative estimate of drug-likeness (QED) is 0.181. The molecule has 0 aromatic heterocycles. The van der Waals surface area contributed by atoms with Crippen LogP contribution in [0.4, 0.5) is 4.79 Å². The van der Waals surface area contributed by atoms with Gasteiger partial charge in [0, 0.05) is 45.3 Å². The number of hydrogen-bond acceptors (Lipinski definition) is 6. The summed E-state index contributed by atoms with van der Waals surface area (Å²) >= 11 is 0. The standard InChI is InChI=1S/C42H55N5O4/c48-39-38(22-12-13-26-43-41(50)51-33-36-20-9-3-10-21-36)44-40(49)42(47(39)37-23-28-46(32-37)31-35-18-7-2-8-19-35)24-29-45(30-25-42)27-14-4-11-17-34-15-5-1-6-16-34/h1-3,5-10,15-16,18-21,37-38H,4,11-14,17,22-33H2,(H,43,50)(H,44,49). The van der Waals surface area contributed by atoms with E-state index in [0.717, 1.165) is 64.1 Å². The number of amides is 3. The highest BCUT2D eigenvalue weighted by Crippen LogP contribution is 2.37. The SMILES string of the molecule is O=C(NCCCCC1NC(=O)C2(CCN(CCCCCc3ccccc3)CC2)N(C2CCN(Cc3ccccc3)C2)C1=O)OCc1ccccc1. The fourth-order valence-corrected chi connectivity index (χ4v) is 8.11. The van der Waals surface area contributed by atoms with Gasteiger partial charge >= 0.3 is 6.09 Å². The van der Waals surface area contributed by atoms with Gasteiger partial charge in [0.2, 0.25) is 11.8 Å². The summed E-state index contributed by atoms with van der Waals surface area (Å²) in [5, 5.41) is 6.00. The lowest BCUT2D eigenvalue weighted by atomic mass is 9.80. The van der Waals surface area contributed by atoms with Gasteiger partial charge in [0.15, 0.2) is 0 Å². The minimum absolute atomic E-state index is 0.0127. The maximum atomic E-state index is 14.4. The zero-order chi connectivity index (χ0) is 35.3. The summed E-state index contributed by atoms with van der Waals surface area (Å²) in [4.78, 5) is 47.7. The average Bonchev–Trinajstić information content (AvgIpc) is 3.62. The van der Waals surface area contributed by atoms with Gasteiger partial charge in [-0.3, -0.25) is 14.5 Å². The molecule has 2 N–H and O–H groups in total. The molecule has 3 aromatic carbocycles. The molecule has 2 unspecified atom stereocenters. The molecule has 0 bridgehead atoms. The predicted octanol–water partition coefficient (Wildman–Crippen LogP) is 5.93. The minimum atomic E-state index is -0.797. The number of ether oxygens (including phenoxy) is 1. The fourth-order valence-electron chi connectivity index (χ4n) is 8.11. The second-order valence-electron chi connectivity index (χ2n) is 14.6. The molecule has 9 nitrogen and oxygen atoms in total. The number of aryl methyl sites for hydroxylation is 1. The number of carbonyl (C=O) groups is 3. The molecule has 1 spiro atoms. The molecule has 0 radical (unpaired) electrons. The Kier molecular flexibility index (Phi) is 13.1. The van der Waals surface area contributed by atoms with Crippen LogP contribution >= 0.6 is 0 Å². The number of unbranched alkanes of at least 4 members (excludes halogenated alkanes) is 3. The molecule has 3 saturated heterocycles. The van der Waals surface area contributed by atoms with Crippen molar-refractivity contribution in [3.63, 3.8) is 0 Å². The molecule has 3 aliphatic rings. The molecule has 3 aromatic rings. The van der Waals surface area contributed by atoms with Crippen LogP contribution in [0, 0.1) is 0 Å². The first-order chi connectivity index (χ1) is 25.0. The highest BCUT2D eigenvalue weighted by atomic mass is 16.5. The van der Waals surface area contributed by atoms with Crippen molar-refractivity contribution in [3.05, 3.63) is 108 Å². The molecule has 0 aliphatic carbocycles. The van der Waals surface area contributed by atoms with Crippen molar-refractivity contribution in [1.82, 2.24) is 25.3 Å². The van der Waals surface area contributed by atoms with Crippen LogP contribution in [-0.4, -0.2) is 89.5 Å². The van der Waals surface area contributed by atoms with E-state index in [-0.39, 0.29) is 24.5 Å². The largest absolute Gasteiger partial charge is 0.445 e. The van der Waals surface area contributed by atoms with Crippen molar-refractivity contribution >= 4 is 17.9 Å². The van der Waals surface area contributed by atoms with Gasteiger partial charge in [0.1, 0.15) is 18.2 Å². The van der Waals surface area contributed by atoms with Gasteiger partial charge < -0.3 is 25.2 Å². The van der Waals surface area contributed by atoms with E-state index in [1.807, 2.05) is 36.4 Å². The van der Waals surface area contributed by atoms with E-state index < -0.39 is 17.7 Å². The third-order valence-electron chi connectivity index (χ3n) is 11.0. The molecule has 9 heteroatoms. The molecule has 51 heavy (non-hydrogen) atoms. The number of benzene rings is 3. The smallest absolute Gasteiger partial charge is 0.407 e. The summed E-state index contributed by atoms with van der Waals surface area (Å²) in [7, 11) is 0. The summed E-state index contributed by atoms with van der Waals surface area (Å²) in [6.45, 7) is 5.90. The highest BCUT2D eigenvalue weighted by molar-refractivity contribution is 6.00. The summed E-state index contributed by atoms with van der Waals surface area (Å²) < 4.78 is 5.32. The molecule has 272 valence electrons. The van der Waals surface area contributed by atoms with Crippen LogP contribution in [0.5, 0.6) is 0 Å². The summed E-state index contributed by atoms with van der Waals surface area (Å²) in [5.41, 5.74) is 2.80. The number of piperidine rings is 1. The van der Waals surface area contributed by atoms with E-state index in [2.05, 4.69) is 79.9 Å². The minimum Gasteiger partial charge on any atom is -0.445 e. The number of alkyl carbamates (subject to hydrolysis) is 1. The zero-order valence-corrected chi connectivity index (χ0v) is 30.0. The lowest BCUT2D eigenvalue weighted by Gasteiger charge is -2.53. The zero-order valence-electron chi connectivity index (χ0n) is 30.0. The third kappa shape index (κ3) is 9.98. The van der Waals surface area contributed by atoms with Crippen molar-refractivity contribution in [1.29, 1.82) is 0 Å². The normalized spacial score (nSPS) is 20.7. The van der Waals surface area contributed by atoms with E-state index in [1.54, 1.807) is 0 Å². The highest BCUT2D eigenvalue weighted by Gasteiger charge is 2.56. The van der Waals surface area contributed by atoms with E-state index >= 15 is 0 Å². The molecule has 3 aliphatic heterocycles. The van der Waals surface area contributed by atoms with Crippen LogP contribution < -0.4 is 10.6 Å². The number of rotatable bonds is 16. The van der Waals surface area contributed by atoms with E-state index in [1.165, 1.54) is 24.0 Å². The van der Waals surface area contributed by atoms with Gasteiger partial charge in [0.05, 0.1) is 0 Å². The monoisotopic (exact) mass is 693 g/mol. The number of likely N-dealkylation sites (tertiary alicyclic amines) is 2. The Morgan fingerprint density at radius 1 is 0.765 bits per heavy atom. The number of nitrogens with one attached hydrogen (secondary N) is 2. The first kappa shape index (κ1) is 36.6. The lowest BCUT2D eigenvalue weighted by Crippen LogP contribution is -2.74. The summed E-state index contributed by atoms with van der Waals surface area (Å²) in [6, 6.07) is 30.2. The van der Waals surface area contributed by atoms with Crippen molar-refractivity contribution in [3.8, 4) is 0 Å². The molecule has 3 heterocycles.